The Kier molecular flexibility index (Phi) is 5.02. The monoisotopic (exact) mass is 241 g/mol. The fraction of sp³-hybridized carbons (Fsp3) is 1.00. The van der Waals surface area contributed by atoms with E-state index in [-0.39, 0.29) is 0 Å². The summed E-state index contributed by atoms with van der Waals surface area (Å²) in [5, 5.41) is 4.63. The average Bonchev–Trinajstić information content (AvgIpc) is 2.64. The molecule has 0 aromatic rings. The van der Waals surface area contributed by atoms with Crippen LogP contribution in [0.3, 0.4) is 0 Å². The van der Waals surface area contributed by atoms with Crippen LogP contribution in [0.4, 0.5) is 0 Å². The van der Waals surface area contributed by atoms with Gasteiger partial charge >= 0.3 is 0 Å². The summed E-state index contributed by atoms with van der Waals surface area (Å²) in [6.07, 6.45) is 8.72. The molecular formula is C14H27NS. The fourth-order valence-corrected chi connectivity index (χ4v) is 4.46. The zero-order valence-electron chi connectivity index (χ0n) is 10.9. The van der Waals surface area contributed by atoms with E-state index < -0.39 is 0 Å². The van der Waals surface area contributed by atoms with E-state index in [9.17, 15) is 0 Å². The van der Waals surface area contributed by atoms with Gasteiger partial charge in [-0.25, -0.2) is 0 Å². The Balaban J connectivity index is 1.57. The van der Waals surface area contributed by atoms with Crippen LogP contribution in [0.25, 0.3) is 0 Å². The van der Waals surface area contributed by atoms with Crippen molar-refractivity contribution in [1.29, 1.82) is 0 Å². The number of hydrogen-bond acceptors (Lipinski definition) is 2. The Bertz CT molecular complexity index is 207. The normalized spacial score (nSPS) is 40.1. The molecule has 2 heteroatoms. The van der Waals surface area contributed by atoms with Crippen molar-refractivity contribution in [3.63, 3.8) is 0 Å². The molecule has 2 aliphatic rings. The van der Waals surface area contributed by atoms with Gasteiger partial charge in [0.05, 0.1) is 0 Å². The third-order valence-electron chi connectivity index (χ3n) is 4.23. The maximum atomic E-state index is 3.75. The summed E-state index contributed by atoms with van der Waals surface area (Å²) in [5.41, 5.74) is 0. The van der Waals surface area contributed by atoms with E-state index in [2.05, 4.69) is 30.9 Å². The van der Waals surface area contributed by atoms with Crippen LogP contribution in [-0.4, -0.2) is 23.6 Å². The first-order chi connectivity index (χ1) is 7.74. The van der Waals surface area contributed by atoms with Gasteiger partial charge in [0.15, 0.2) is 0 Å². The van der Waals surface area contributed by atoms with Crippen LogP contribution in [0.2, 0.25) is 0 Å². The quantitative estimate of drug-likeness (QED) is 0.805. The summed E-state index contributed by atoms with van der Waals surface area (Å²) >= 11 is 2.13. The molecule has 0 radical (unpaired) electrons. The molecule has 1 aliphatic carbocycles. The minimum atomic E-state index is 0.806. The molecular weight excluding hydrogens is 214 g/mol. The van der Waals surface area contributed by atoms with E-state index in [0.29, 0.717) is 0 Å². The summed E-state index contributed by atoms with van der Waals surface area (Å²) in [6.45, 7) is 6.04. The second kappa shape index (κ2) is 6.30. The molecule has 0 amide bonds. The first-order valence-corrected chi connectivity index (χ1v) is 8.14. The van der Waals surface area contributed by atoms with Gasteiger partial charge in [-0.3, -0.25) is 0 Å². The predicted molar refractivity (Wildman–Crippen MR) is 74.1 cm³/mol. The van der Waals surface area contributed by atoms with Gasteiger partial charge in [-0.05, 0) is 37.6 Å². The Morgan fingerprint density at radius 3 is 2.75 bits per heavy atom. The molecule has 4 unspecified atom stereocenters. The topological polar surface area (TPSA) is 12.0 Å². The standard InChI is InChI=1S/C14H27NS/c1-11-4-3-5-13(8-11)6-7-15-14-9-12(2)16-10-14/h11-15H,3-10H2,1-2H3. The summed E-state index contributed by atoms with van der Waals surface area (Å²) in [5.74, 6) is 3.34. The molecule has 0 spiro atoms. The van der Waals surface area contributed by atoms with Crippen molar-refractivity contribution in [3.8, 4) is 0 Å². The van der Waals surface area contributed by atoms with Crippen LogP contribution in [-0.2, 0) is 0 Å². The molecule has 2 fully saturated rings. The molecule has 1 N–H and O–H groups in total. The molecule has 0 aromatic carbocycles. The zero-order valence-corrected chi connectivity index (χ0v) is 11.7. The van der Waals surface area contributed by atoms with Gasteiger partial charge in [-0.1, -0.05) is 33.1 Å². The lowest BCUT2D eigenvalue weighted by Crippen LogP contribution is -2.31. The minimum absolute atomic E-state index is 0.806. The molecule has 1 nitrogen and oxygen atoms in total. The Hall–Kier alpha value is 0.310. The molecule has 1 heterocycles. The van der Waals surface area contributed by atoms with Gasteiger partial charge in [-0.15, -0.1) is 0 Å². The Morgan fingerprint density at radius 1 is 1.19 bits per heavy atom. The van der Waals surface area contributed by atoms with Crippen molar-refractivity contribution in [1.82, 2.24) is 5.32 Å². The summed E-state index contributed by atoms with van der Waals surface area (Å²) < 4.78 is 0. The predicted octanol–water partition coefficient (Wildman–Crippen LogP) is 3.69. The highest BCUT2D eigenvalue weighted by atomic mass is 32.2. The average molecular weight is 241 g/mol. The van der Waals surface area contributed by atoms with Gasteiger partial charge in [0.1, 0.15) is 0 Å². The molecule has 2 rings (SSSR count). The molecule has 0 bridgehead atoms. The van der Waals surface area contributed by atoms with Crippen LogP contribution in [0.15, 0.2) is 0 Å². The highest BCUT2D eigenvalue weighted by molar-refractivity contribution is 8.00. The lowest BCUT2D eigenvalue weighted by molar-refractivity contribution is 0.265. The molecule has 1 aliphatic heterocycles. The highest BCUT2D eigenvalue weighted by Crippen LogP contribution is 2.30. The van der Waals surface area contributed by atoms with Crippen LogP contribution in [0.1, 0.15) is 52.4 Å². The maximum Gasteiger partial charge on any atom is 0.0168 e. The second-order valence-corrected chi connectivity index (χ2v) is 7.43. The van der Waals surface area contributed by atoms with E-state index in [1.54, 1.807) is 0 Å². The minimum Gasteiger partial charge on any atom is -0.313 e. The molecule has 4 atom stereocenters. The lowest BCUT2D eigenvalue weighted by atomic mass is 9.81. The van der Waals surface area contributed by atoms with Crippen molar-refractivity contribution in [2.45, 2.75) is 63.7 Å². The van der Waals surface area contributed by atoms with Crippen molar-refractivity contribution < 1.29 is 0 Å². The van der Waals surface area contributed by atoms with Crippen LogP contribution in [0, 0.1) is 11.8 Å². The summed E-state index contributed by atoms with van der Waals surface area (Å²) in [4.78, 5) is 0. The maximum absolute atomic E-state index is 3.75. The second-order valence-electron chi connectivity index (χ2n) is 5.96. The smallest absolute Gasteiger partial charge is 0.0168 e. The van der Waals surface area contributed by atoms with Gasteiger partial charge in [0, 0.05) is 17.0 Å². The van der Waals surface area contributed by atoms with E-state index >= 15 is 0 Å². The van der Waals surface area contributed by atoms with E-state index in [1.807, 2.05) is 0 Å². The fourth-order valence-electron chi connectivity index (χ4n) is 3.27. The van der Waals surface area contributed by atoms with Crippen LogP contribution in [0.5, 0.6) is 0 Å². The summed E-state index contributed by atoms with van der Waals surface area (Å²) in [6, 6.07) is 0.806. The Morgan fingerprint density at radius 2 is 2.06 bits per heavy atom. The Labute approximate surface area is 105 Å². The van der Waals surface area contributed by atoms with Gasteiger partial charge in [0.25, 0.3) is 0 Å². The number of hydrogen-bond donors (Lipinski definition) is 1. The molecule has 1 saturated carbocycles. The SMILES string of the molecule is CC1CCCC(CCNC2CSC(C)C2)C1. The van der Waals surface area contributed by atoms with Crippen molar-refractivity contribution in [3.05, 3.63) is 0 Å². The van der Waals surface area contributed by atoms with Crippen LogP contribution >= 0.6 is 11.8 Å². The van der Waals surface area contributed by atoms with Gasteiger partial charge < -0.3 is 5.32 Å². The van der Waals surface area contributed by atoms with Crippen molar-refractivity contribution >= 4 is 11.8 Å². The van der Waals surface area contributed by atoms with Crippen molar-refractivity contribution in [2.75, 3.05) is 12.3 Å². The van der Waals surface area contributed by atoms with Gasteiger partial charge in [0.2, 0.25) is 0 Å². The van der Waals surface area contributed by atoms with E-state index in [0.717, 1.165) is 23.1 Å². The van der Waals surface area contributed by atoms with E-state index in [4.69, 9.17) is 0 Å². The third-order valence-corrected chi connectivity index (χ3v) is 5.59. The summed E-state index contributed by atoms with van der Waals surface area (Å²) in [7, 11) is 0. The third kappa shape index (κ3) is 3.96. The molecule has 16 heavy (non-hydrogen) atoms. The molecule has 1 saturated heterocycles. The largest absolute Gasteiger partial charge is 0.313 e. The first kappa shape index (κ1) is 12.8. The number of thioether (sulfide) groups is 1. The zero-order chi connectivity index (χ0) is 11.4. The molecule has 0 aromatic heterocycles. The number of nitrogens with one attached hydrogen (secondary N) is 1. The molecule has 94 valence electrons. The van der Waals surface area contributed by atoms with Crippen LogP contribution < -0.4 is 5.32 Å². The lowest BCUT2D eigenvalue weighted by Gasteiger charge is -2.27. The van der Waals surface area contributed by atoms with Crippen molar-refractivity contribution in [2.24, 2.45) is 11.8 Å². The number of rotatable bonds is 4. The van der Waals surface area contributed by atoms with E-state index in [1.165, 1.54) is 50.8 Å². The highest BCUT2D eigenvalue weighted by Gasteiger charge is 2.22. The first-order valence-electron chi connectivity index (χ1n) is 7.09. The van der Waals surface area contributed by atoms with Gasteiger partial charge in [-0.2, -0.15) is 11.8 Å².